The number of carbonyl (C=O) groups excluding carboxylic acids is 1. The van der Waals surface area contributed by atoms with Crippen LogP contribution in [0.15, 0.2) is 0 Å². The number of carboxylic acids is 1. The van der Waals surface area contributed by atoms with Gasteiger partial charge in [-0.05, 0) is 0 Å². The molecular formula is C5H8NO3. The van der Waals surface area contributed by atoms with Gasteiger partial charge in [-0.3, -0.25) is 14.9 Å². The molecule has 1 radical (unpaired) electrons. The fourth-order valence-electron chi connectivity index (χ4n) is 0.326. The van der Waals surface area contributed by atoms with E-state index >= 15 is 0 Å². The first-order valence-electron chi connectivity index (χ1n) is 2.51. The number of carboxylic acid groups (broad SMARTS) is 1. The van der Waals surface area contributed by atoms with Crippen LogP contribution in [0.2, 0.25) is 0 Å². The SMILES string of the molecule is C[N]C(=O)CCC(=O)O. The van der Waals surface area contributed by atoms with E-state index in [-0.39, 0.29) is 18.7 Å². The molecule has 0 bridgehead atoms. The van der Waals surface area contributed by atoms with E-state index in [1.165, 1.54) is 7.05 Å². The first-order valence-corrected chi connectivity index (χ1v) is 2.51. The molecule has 4 nitrogen and oxygen atoms in total. The van der Waals surface area contributed by atoms with Gasteiger partial charge in [0.25, 0.3) is 0 Å². The van der Waals surface area contributed by atoms with Crippen molar-refractivity contribution < 1.29 is 14.7 Å². The lowest BCUT2D eigenvalue weighted by atomic mass is 10.3. The zero-order valence-electron chi connectivity index (χ0n) is 5.13. The summed E-state index contributed by atoms with van der Waals surface area (Å²) in [5, 5.41) is 11.3. The summed E-state index contributed by atoms with van der Waals surface area (Å²) in [6.45, 7) is 0. The molecule has 0 aliphatic carbocycles. The van der Waals surface area contributed by atoms with Gasteiger partial charge in [-0.1, -0.05) is 0 Å². The van der Waals surface area contributed by atoms with Crippen molar-refractivity contribution in [2.75, 3.05) is 7.05 Å². The molecule has 9 heavy (non-hydrogen) atoms. The summed E-state index contributed by atoms with van der Waals surface area (Å²) in [7, 11) is 1.35. The molecular weight excluding hydrogens is 122 g/mol. The van der Waals surface area contributed by atoms with Gasteiger partial charge in [-0.2, -0.15) is 0 Å². The molecule has 1 N–H and O–H groups in total. The van der Waals surface area contributed by atoms with Crippen LogP contribution in [-0.2, 0) is 9.59 Å². The number of amides is 1. The average Bonchev–Trinajstić information content (AvgIpc) is 1.83. The zero-order chi connectivity index (χ0) is 7.28. The minimum absolute atomic E-state index is 0.00579. The standard InChI is InChI=1S/C5H8NO3/c1-6-4(7)2-3-5(8)9/h2-3H2,1H3,(H,8,9). The Morgan fingerprint density at radius 2 is 2.00 bits per heavy atom. The monoisotopic (exact) mass is 130 g/mol. The summed E-state index contributed by atoms with van der Waals surface area (Å²) in [5.74, 6) is -1.33. The molecule has 0 saturated carbocycles. The number of hydrogen-bond acceptors (Lipinski definition) is 2. The number of nitrogens with zero attached hydrogens (tertiary/aromatic N) is 1. The van der Waals surface area contributed by atoms with E-state index in [0.29, 0.717) is 0 Å². The number of aliphatic carboxylic acids is 1. The molecule has 0 aromatic heterocycles. The molecule has 0 aromatic rings. The van der Waals surface area contributed by atoms with Crippen molar-refractivity contribution in [3.8, 4) is 0 Å². The third-order valence-electron chi connectivity index (χ3n) is 0.802. The van der Waals surface area contributed by atoms with Crippen molar-refractivity contribution in [2.24, 2.45) is 0 Å². The number of carbonyl (C=O) groups is 2. The van der Waals surface area contributed by atoms with Gasteiger partial charge < -0.3 is 5.11 Å². The van der Waals surface area contributed by atoms with Gasteiger partial charge in [0.05, 0.1) is 6.42 Å². The molecule has 1 amide bonds. The summed E-state index contributed by atoms with van der Waals surface area (Å²) in [4.78, 5) is 20.1. The highest BCUT2D eigenvalue weighted by atomic mass is 16.4. The van der Waals surface area contributed by atoms with Gasteiger partial charge in [0, 0.05) is 13.5 Å². The highest BCUT2D eigenvalue weighted by molar-refractivity contribution is 5.80. The Hall–Kier alpha value is -1.06. The van der Waals surface area contributed by atoms with Crippen molar-refractivity contribution in [3.05, 3.63) is 0 Å². The Labute approximate surface area is 52.9 Å². The fourth-order valence-corrected chi connectivity index (χ4v) is 0.326. The Bertz CT molecular complexity index is 121. The summed E-state index contributed by atoms with van der Waals surface area (Å²) < 4.78 is 0. The minimum atomic E-state index is -0.966. The maximum atomic E-state index is 10.3. The maximum Gasteiger partial charge on any atom is 0.303 e. The van der Waals surface area contributed by atoms with E-state index in [1.807, 2.05) is 0 Å². The van der Waals surface area contributed by atoms with Crippen molar-refractivity contribution in [1.29, 1.82) is 0 Å². The fraction of sp³-hybridized carbons (Fsp3) is 0.600. The van der Waals surface area contributed by atoms with Gasteiger partial charge in [0.1, 0.15) is 0 Å². The Kier molecular flexibility index (Phi) is 3.43. The maximum absolute atomic E-state index is 10.3. The molecule has 0 saturated heterocycles. The van der Waals surface area contributed by atoms with Crippen LogP contribution < -0.4 is 5.32 Å². The summed E-state index contributed by atoms with van der Waals surface area (Å²) in [6, 6.07) is 0. The zero-order valence-corrected chi connectivity index (χ0v) is 5.13. The van der Waals surface area contributed by atoms with Crippen LogP contribution >= 0.6 is 0 Å². The normalized spacial score (nSPS) is 8.56. The molecule has 0 unspecified atom stereocenters. The van der Waals surface area contributed by atoms with Crippen LogP contribution in [0, 0.1) is 0 Å². The van der Waals surface area contributed by atoms with Crippen molar-refractivity contribution in [2.45, 2.75) is 12.8 Å². The lowest BCUT2D eigenvalue weighted by Gasteiger charge is -1.90. The topological polar surface area (TPSA) is 68.5 Å². The van der Waals surface area contributed by atoms with Crippen LogP contribution in [0.5, 0.6) is 0 Å². The molecule has 0 fully saturated rings. The molecule has 0 heterocycles. The third kappa shape index (κ3) is 4.80. The van der Waals surface area contributed by atoms with Crippen LogP contribution in [-0.4, -0.2) is 24.0 Å². The Morgan fingerprint density at radius 3 is 2.33 bits per heavy atom. The van der Waals surface area contributed by atoms with Crippen LogP contribution in [0.1, 0.15) is 12.8 Å². The smallest absolute Gasteiger partial charge is 0.303 e. The predicted molar refractivity (Wildman–Crippen MR) is 29.9 cm³/mol. The van der Waals surface area contributed by atoms with E-state index in [1.54, 1.807) is 0 Å². The second kappa shape index (κ2) is 3.88. The number of rotatable bonds is 3. The van der Waals surface area contributed by atoms with Gasteiger partial charge in [0.2, 0.25) is 5.91 Å². The first-order chi connectivity index (χ1) is 4.16. The van der Waals surface area contributed by atoms with Gasteiger partial charge >= 0.3 is 5.97 Å². The highest BCUT2D eigenvalue weighted by Crippen LogP contribution is 1.87. The van der Waals surface area contributed by atoms with Crippen LogP contribution in [0.3, 0.4) is 0 Å². The second-order valence-electron chi connectivity index (χ2n) is 1.51. The van der Waals surface area contributed by atoms with Crippen LogP contribution in [0.25, 0.3) is 0 Å². The molecule has 0 aliphatic rings. The first kappa shape index (κ1) is 7.94. The van der Waals surface area contributed by atoms with E-state index in [4.69, 9.17) is 5.11 Å². The molecule has 0 atom stereocenters. The van der Waals surface area contributed by atoms with Crippen molar-refractivity contribution in [1.82, 2.24) is 5.32 Å². The summed E-state index contributed by atoms with van der Waals surface area (Å²) in [6.07, 6.45) is -0.123. The predicted octanol–water partition coefficient (Wildman–Crippen LogP) is -0.388. The van der Waals surface area contributed by atoms with Crippen LogP contribution in [0.4, 0.5) is 0 Å². The van der Waals surface area contributed by atoms with Gasteiger partial charge in [0.15, 0.2) is 0 Å². The lowest BCUT2D eigenvalue weighted by Crippen LogP contribution is -2.11. The molecule has 0 aliphatic heterocycles. The quantitative estimate of drug-likeness (QED) is 0.565. The largest absolute Gasteiger partial charge is 0.481 e. The molecule has 0 spiro atoms. The number of hydrogen-bond donors (Lipinski definition) is 1. The van der Waals surface area contributed by atoms with E-state index < -0.39 is 5.97 Å². The molecule has 0 rings (SSSR count). The Balaban J connectivity index is 3.28. The van der Waals surface area contributed by atoms with E-state index in [9.17, 15) is 9.59 Å². The summed E-state index contributed by atoms with van der Waals surface area (Å²) in [5.41, 5.74) is 0. The summed E-state index contributed by atoms with van der Waals surface area (Å²) >= 11 is 0. The lowest BCUT2D eigenvalue weighted by molar-refractivity contribution is -0.138. The average molecular weight is 130 g/mol. The van der Waals surface area contributed by atoms with E-state index in [2.05, 4.69) is 5.32 Å². The van der Waals surface area contributed by atoms with Crippen molar-refractivity contribution in [3.63, 3.8) is 0 Å². The minimum Gasteiger partial charge on any atom is -0.481 e. The highest BCUT2D eigenvalue weighted by Gasteiger charge is 2.02. The third-order valence-corrected chi connectivity index (χ3v) is 0.802. The second-order valence-corrected chi connectivity index (χ2v) is 1.51. The molecule has 51 valence electrons. The molecule has 0 aromatic carbocycles. The van der Waals surface area contributed by atoms with Crippen molar-refractivity contribution >= 4 is 11.9 Å². The van der Waals surface area contributed by atoms with E-state index in [0.717, 1.165) is 0 Å². The molecule has 4 heteroatoms. The van der Waals surface area contributed by atoms with Gasteiger partial charge in [-0.25, -0.2) is 0 Å². The Morgan fingerprint density at radius 1 is 1.44 bits per heavy atom. The van der Waals surface area contributed by atoms with Gasteiger partial charge in [-0.15, -0.1) is 0 Å².